The van der Waals surface area contributed by atoms with Crippen LogP contribution in [0.4, 0.5) is 4.39 Å². The number of ether oxygens (including phenoxy) is 1. The van der Waals surface area contributed by atoms with Crippen LogP contribution in [0.15, 0.2) is 47.4 Å². The normalized spacial score (nSPS) is 16.5. The van der Waals surface area contributed by atoms with Crippen molar-refractivity contribution in [2.75, 3.05) is 33.3 Å². The molecule has 0 atom stereocenters. The Morgan fingerprint density at radius 3 is 2.61 bits per heavy atom. The summed E-state index contributed by atoms with van der Waals surface area (Å²) in [4.78, 5) is 9.86. The van der Waals surface area contributed by atoms with Crippen LogP contribution in [0.1, 0.15) is 5.82 Å². The molecule has 0 amide bonds. The van der Waals surface area contributed by atoms with Crippen LogP contribution < -0.4 is 4.74 Å². The molecule has 2 aromatic carbocycles. The quantitative estimate of drug-likeness (QED) is 0.706. The standard InChI is InChI=1S/C19H21FN4O3S/c1-27-17-7-6-14(20)12-18(17)28(25,26)24-10-8-23(9-11-24)13-19-21-15-4-2-3-5-16(15)22-19/h2-7,12H,8-11,13H2,1H3,(H,21,22). The molecule has 1 aromatic heterocycles. The summed E-state index contributed by atoms with van der Waals surface area (Å²) in [5.41, 5.74) is 1.90. The second-order valence-electron chi connectivity index (χ2n) is 6.68. The van der Waals surface area contributed by atoms with E-state index < -0.39 is 15.8 Å². The molecule has 1 saturated heterocycles. The Labute approximate surface area is 162 Å². The molecule has 9 heteroatoms. The Balaban J connectivity index is 1.45. The van der Waals surface area contributed by atoms with Gasteiger partial charge in [0.1, 0.15) is 22.3 Å². The second kappa shape index (κ2) is 7.50. The van der Waals surface area contributed by atoms with E-state index in [-0.39, 0.29) is 10.6 Å². The minimum Gasteiger partial charge on any atom is -0.495 e. The molecule has 3 aromatic rings. The first-order valence-corrected chi connectivity index (χ1v) is 10.4. The Hall–Kier alpha value is -2.49. The van der Waals surface area contributed by atoms with E-state index in [0.717, 1.165) is 22.9 Å². The molecular weight excluding hydrogens is 383 g/mol. The SMILES string of the molecule is COc1ccc(F)cc1S(=O)(=O)N1CCN(Cc2nc3ccccc3[nH]2)CC1. The molecule has 0 spiro atoms. The molecule has 0 unspecified atom stereocenters. The van der Waals surface area contributed by atoms with Crippen LogP contribution in [-0.2, 0) is 16.6 Å². The third kappa shape index (κ3) is 3.60. The van der Waals surface area contributed by atoms with Crippen LogP contribution in [-0.4, -0.2) is 60.9 Å². The number of aromatic amines is 1. The first-order chi connectivity index (χ1) is 13.5. The minimum atomic E-state index is -3.83. The number of H-pyrrole nitrogens is 1. The summed E-state index contributed by atoms with van der Waals surface area (Å²) >= 11 is 0. The molecule has 1 N–H and O–H groups in total. The predicted octanol–water partition coefficient (Wildman–Crippen LogP) is 2.22. The zero-order valence-corrected chi connectivity index (χ0v) is 16.2. The first kappa shape index (κ1) is 18.9. The molecule has 2 heterocycles. The lowest BCUT2D eigenvalue weighted by atomic mass is 10.3. The van der Waals surface area contributed by atoms with Gasteiger partial charge in [0.15, 0.2) is 0 Å². The number of sulfonamides is 1. The van der Waals surface area contributed by atoms with Gasteiger partial charge in [-0.05, 0) is 30.3 Å². The van der Waals surface area contributed by atoms with Gasteiger partial charge in [-0.2, -0.15) is 4.31 Å². The van der Waals surface area contributed by atoms with Gasteiger partial charge in [0.2, 0.25) is 10.0 Å². The number of fused-ring (bicyclic) bond motifs is 1. The largest absolute Gasteiger partial charge is 0.495 e. The van der Waals surface area contributed by atoms with Gasteiger partial charge in [0.25, 0.3) is 0 Å². The molecule has 0 aliphatic carbocycles. The van der Waals surface area contributed by atoms with Crippen molar-refractivity contribution in [1.82, 2.24) is 19.2 Å². The molecule has 28 heavy (non-hydrogen) atoms. The zero-order valence-electron chi connectivity index (χ0n) is 15.4. The summed E-state index contributed by atoms with van der Waals surface area (Å²) in [6.07, 6.45) is 0. The van der Waals surface area contributed by atoms with Crippen molar-refractivity contribution >= 4 is 21.1 Å². The lowest BCUT2D eigenvalue weighted by molar-refractivity contribution is 0.178. The summed E-state index contributed by atoms with van der Waals surface area (Å²) in [6.45, 7) is 2.39. The lowest BCUT2D eigenvalue weighted by Gasteiger charge is -2.33. The molecule has 4 rings (SSSR count). The summed E-state index contributed by atoms with van der Waals surface area (Å²) in [5, 5.41) is 0. The Kier molecular flexibility index (Phi) is 5.05. The Morgan fingerprint density at radius 1 is 1.14 bits per heavy atom. The average molecular weight is 404 g/mol. The van der Waals surface area contributed by atoms with E-state index in [0.29, 0.717) is 32.7 Å². The van der Waals surface area contributed by atoms with Crippen LogP contribution >= 0.6 is 0 Å². The monoisotopic (exact) mass is 404 g/mol. The molecule has 0 saturated carbocycles. The van der Waals surface area contributed by atoms with E-state index in [1.165, 1.54) is 23.5 Å². The highest BCUT2D eigenvalue weighted by Crippen LogP contribution is 2.28. The van der Waals surface area contributed by atoms with Gasteiger partial charge < -0.3 is 9.72 Å². The van der Waals surface area contributed by atoms with Gasteiger partial charge in [0.05, 0.1) is 24.7 Å². The molecule has 1 fully saturated rings. The van der Waals surface area contributed by atoms with Crippen molar-refractivity contribution in [2.45, 2.75) is 11.4 Å². The molecule has 148 valence electrons. The number of halogens is 1. The van der Waals surface area contributed by atoms with E-state index >= 15 is 0 Å². The van der Waals surface area contributed by atoms with E-state index in [4.69, 9.17) is 4.74 Å². The van der Waals surface area contributed by atoms with Crippen molar-refractivity contribution < 1.29 is 17.5 Å². The Bertz CT molecular complexity index is 1060. The van der Waals surface area contributed by atoms with Crippen molar-refractivity contribution in [1.29, 1.82) is 0 Å². The second-order valence-corrected chi connectivity index (χ2v) is 8.58. The fourth-order valence-electron chi connectivity index (χ4n) is 3.41. The highest BCUT2D eigenvalue weighted by Gasteiger charge is 2.31. The van der Waals surface area contributed by atoms with Crippen molar-refractivity contribution in [3.05, 3.63) is 54.1 Å². The molecule has 0 bridgehead atoms. The van der Waals surface area contributed by atoms with Crippen molar-refractivity contribution in [3.63, 3.8) is 0 Å². The molecular formula is C19H21FN4O3S. The lowest BCUT2D eigenvalue weighted by Crippen LogP contribution is -2.48. The van der Waals surface area contributed by atoms with Crippen LogP contribution in [0, 0.1) is 5.82 Å². The minimum absolute atomic E-state index is 0.138. The number of nitrogens with zero attached hydrogens (tertiary/aromatic N) is 3. The summed E-state index contributed by atoms with van der Waals surface area (Å²) in [7, 11) is -2.45. The first-order valence-electron chi connectivity index (χ1n) is 8.97. The zero-order chi connectivity index (χ0) is 19.7. The smallest absolute Gasteiger partial charge is 0.246 e. The highest BCUT2D eigenvalue weighted by molar-refractivity contribution is 7.89. The van der Waals surface area contributed by atoms with Gasteiger partial charge >= 0.3 is 0 Å². The maximum Gasteiger partial charge on any atom is 0.246 e. The number of hydrogen-bond acceptors (Lipinski definition) is 5. The number of benzene rings is 2. The van der Waals surface area contributed by atoms with Gasteiger partial charge in [-0.25, -0.2) is 17.8 Å². The van der Waals surface area contributed by atoms with Crippen molar-refractivity contribution in [3.8, 4) is 5.75 Å². The Morgan fingerprint density at radius 2 is 1.89 bits per heavy atom. The summed E-state index contributed by atoms with van der Waals surface area (Å²) in [5.74, 6) is 0.387. The van der Waals surface area contributed by atoms with E-state index in [1.54, 1.807) is 0 Å². The number of aromatic nitrogens is 2. The number of hydrogen-bond donors (Lipinski definition) is 1. The van der Waals surface area contributed by atoms with Gasteiger partial charge in [-0.15, -0.1) is 0 Å². The predicted molar refractivity (Wildman–Crippen MR) is 103 cm³/mol. The van der Waals surface area contributed by atoms with Crippen LogP contribution in [0.2, 0.25) is 0 Å². The van der Waals surface area contributed by atoms with Crippen LogP contribution in [0.5, 0.6) is 5.75 Å². The van der Waals surface area contributed by atoms with Gasteiger partial charge in [-0.1, -0.05) is 12.1 Å². The maximum absolute atomic E-state index is 13.6. The number of methoxy groups -OCH3 is 1. The molecule has 1 aliphatic rings. The van der Waals surface area contributed by atoms with Crippen LogP contribution in [0.25, 0.3) is 11.0 Å². The van der Waals surface area contributed by atoms with Crippen molar-refractivity contribution in [2.24, 2.45) is 0 Å². The fraction of sp³-hybridized carbons (Fsp3) is 0.316. The number of para-hydroxylation sites is 2. The third-order valence-corrected chi connectivity index (χ3v) is 6.81. The van der Waals surface area contributed by atoms with Gasteiger partial charge in [-0.3, -0.25) is 4.90 Å². The molecule has 1 aliphatic heterocycles. The average Bonchev–Trinajstić information content (AvgIpc) is 3.10. The fourth-order valence-corrected chi connectivity index (χ4v) is 5.00. The van der Waals surface area contributed by atoms with E-state index in [9.17, 15) is 12.8 Å². The topological polar surface area (TPSA) is 78.5 Å². The number of rotatable bonds is 5. The highest BCUT2D eigenvalue weighted by atomic mass is 32.2. The molecule has 0 radical (unpaired) electrons. The number of imidazole rings is 1. The van der Waals surface area contributed by atoms with E-state index in [2.05, 4.69) is 14.9 Å². The maximum atomic E-state index is 13.6. The summed E-state index contributed by atoms with van der Waals surface area (Å²) < 4.78 is 46.0. The van der Waals surface area contributed by atoms with E-state index in [1.807, 2.05) is 24.3 Å². The third-order valence-electron chi connectivity index (χ3n) is 4.89. The molecule has 7 nitrogen and oxygen atoms in total. The number of piperazine rings is 1. The van der Waals surface area contributed by atoms with Gasteiger partial charge in [0, 0.05) is 26.2 Å². The number of nitrogens with one attached hydrogen (secondary N) is 1. The van der Waals surface area contributed by atoms with Crippen LogP contribution in [0.3, 0.4) is 0 Å². The summed E-state index contributed by atoms with van der Waals surface area (Å²) in [6, 6.07) is 11.3.